The smallest absolute Gasteiger partial charge is 0.168 e. The average Bonchev–Trinajstić information content (AvgIpc) is 2.43. The van der Waals surface area contributed by atoms with E-state index < -0.39 is 0 Å². The Kier molecular flexibility index (Phi) is 7.41. The van der Waals surface area contributed by atoms with E-state index in [0.29, 0.717) is 36.7 Å². The fourth-order valence-corrected chi connectivity index (χ4v) is 2.02. The number of unbranched alkanes of at least 4 members (excludes halogenated alkanes) is 1. The van der Waals surface area contributed by atoms with Crippen LogP contribution in [0.3, 0.4) is 0 Å². The van der Waals surface area contributed by atoms with Gasteiger partial charge in [0.2, 0.25) is 0 Å². The summed E-state index contributed by atoms with van der Waals surface area (Å²) in [6, 6.07) is 5.29. The molecule has 2 nitrogen and oxygen atoms in total. The minimum atomic E-state index is -0.256. The van der Waals surface area contributed by atoms with Gasteiger partial charge in [0, 0.05) is 12.3 Å². The molecule has 0 amide bonds. The van der Waals surface area contributed by atoms with E-state index >= 15 is 0 Å². The lowest BCUT2D eigenvalue weighted by Gasteiger charge is -2.12. The number of ketones is 1. The van der Waals surface area contributed by atoms with Gasteiger partial charge < -0.3 is 4.74 Å². The summed E-state index contributed by atoms with van der Waals surface area (Å²) in [4.78, 5) is 11.5. The van der Waals surface area contributed by atoms with Crippen molar-refractivity contribution in [2.45, 2.75) is 53.4 Å². The highest BCUT2D eigenvalue weighted by molar-refractivity contribution is 5.80. The Morgan fingerprint density at radius 2 is 1.90 bits per heavy atom. The predicted molar refractivity (Wildman–Crippen MR) is 84.1 cm³/mol. The molecule has 1 aromatic carbocycles. The molecule has 0 saturated carbocycles. The van der Waals surface area contributed by atoms with Crippen LogP contribution in [-0.4, -0.2) is 12.4 Å². The van der Waals surface area contributed by atoms with Crippen molar-refractivity contribution in [1.82, 2.24) is 0 Å². The first-order valence-corrected chi connectivity index (χ1v) is 7.84. The van der Waals surface area contributed by atoms with Crippen molar-refractivity contribution in [1.29, 1.82) is 0 Å². The average molecular weight is 294 g/mol. The second-order valence-electron chi connectivity index (χ2n) is 6.26. The van der Waals surface area contributed by atoms with Crippen molar-refractivity contribution in [3.63, 3.8) is 0 Å². The number of rotatable bonds is 9. The van der Waals surface area contributed by atoms with Crippen LogP contribution in [0.4, 0.5) is 4.39 Å². The molecule has 0 aliphatic carbocycles. The molecule has 0 N–H and O–H groups in total. The van der Waals surface area contributed by atoms with Gasteiger partial charge in [0.15, 0.2) is 11.6 Å². The lowest BCUT2D eigenvalue weighted by molar-refractivity contribution is -0.122. The fourth-order valence-electron chi connectivity index (χ4n) is 2.02. The van der Waals surface area contributed by atoms with E-state index in [4.69, 9.17) is 4.74 Å². The zero-order chi connectivity index (χ0) is 15.8. The first-order valence-electron chi connectivity index (χ1n) is 7.84. The van der Waals surface area contributed by atoms with Gasteiger partial charge in [-0.2, -0.15) is 0 Å². The van der Waals surface area contributed by atoms with Crippen LogP contribution in [0.2, 0.25) is 0 Å². The number of hydrogen-bond acceptors (Lipinski definition) is 2. The zero-order valence-electron chi connectivity index (χ0n) is 13.6. The van der Waals surface area contributed by atoms with E-state index in [1.807, 2.05) is 33.8 Å². The number of Topliss-reactive ketones (excluding diaryl/α,β-unsaturated/α-hetero) is 1. The summed E-state index contributed by atoms with van der Waals surface area (Å²) >= 11 is 0. The molecule has 0 fully saturated rings. The lowest BCUT2D eigenvalue weighted by Crippen LogP contribution is -2.07. The molecule has 118 valence electrons. The van der Waals surface area contributed by atoms with E-state index in [1.54, 1.807) is 12.1 Å². The molecule has 0 spiro atoms. The van der Waals surface area contributed by atoms with Crippen molar-refractivity contribution in [3.05, 3.63) is 29.6 Å². The summed E-state index contributed by atoms with van der Waals surface area (Å²) in [6.07, 6.45) is 2.87. The Balaban J connectivity index is 2.48. The maximum atomic E-state index is 14.2. The molecule has 1 rings (SSSR count). The summed E-state index contributed by atoms with van der Waals surface area (Å²) in [7, 11) is 0. The fraction of sp³-hybridized carbons (Fsp3) is 0.611. The first kappa shape index (κ1) is 17.7. The van der Waals surface area contributed by atoms with E-state index in [9.17, 15) is 9.18 Å². The summed E-state index contributed by atoms with van der Waals surface area (Å²) in [5.41, 5.74) is 0.674. The first-order chi connectivity index (χ1) is 9.91. The molecular weight excluding hydrogens is 267 g/mol. The molecule has 0 aromatic heterocycles. The quantitative estimate of drug-likeness (QED) is 0.612. The number of hydrogen-bond donors (Lipinski definition) is 0. The summed E-state index contributed by atoms with van der Waals surface area (Å²) in [6.45, 7) is 8.42. The van der Waals surface area contributed by atoms with Crippen molar-refractivity contribution in [2.75, 3.05) is 6.61 Å². The standard InChI is InChI=1S/C18H27FO2/c1-13(2)12-21-17-11-7-9-15(18(17)19)8-5-6-10-16(20)14(3)4/h7,9,11,13-14H,5-6,8,10,12H2,1-4H3. The van der Waals surface area contributed by atoms with Gasteiger partial charge in [-0.15, -0.1) is 0 Å². The van der Waals surface area contributed by atoms with Gasteiger partial charge in [0.05, 0.1) is 6.61 Å². The Bertz CT molecular complexity index is 453. The lowest BCUT2D eigenvalue weighted by atomic mass is 10.0. The van der Waals surface area contributed by atoms with Crippen LogP contribution in [0.15, 0.2) is 18.2 Å². The van der Waals surface area contributed by atoms with Gasteiger partial charge >= 0.3 is 0 Å². The number of carbonyl (C=O) groups excluding carboxylic acids is 1. The number of carbonyl (C=O) groups is 1. The van der Waals surface area contributed by atoms with Crippen molar-refractivity contribution < 1.29 is 13.9 Å². The molecule has 0 radical (unpaired) electrons. The number of aryl methyl sites for hydroxylation is 1. The number of ether oxygens (including phenoxy) is 1. The molecule has 0 bridgehead atoms. The van der Waals surface area contributed by atoms with Crippen LogP contribution < -0.4 is 4.74 Å². The molecule has 0 aliphatic heterocycles. The monoisotopic (exact) mass is 294 g/mol. The van der Waals surface area contributed by atoms with E-state index in [1.165, 1.54) is 0 Å². The molecule has 3 heteroatoms. The Hall–Kier alpha value is -1.38. The molecular formula is C18H27FO2. The third-order valence-corrected chi connectivity index (χ3v) is 3.38. The van der Waals surface area contributed by atoms with Crippen molar-refractivity contribution in [3.8, 4) is 5.75 Å². The van der Waals surface area contributed by atoms with Crippen LogP contribution in [0.5, 0.6) is 5.75 Å². The molecule has 1 aromatic rings. The van der Waals surface area contributed by atoms with E-state index in [0.717, 1.165) is 12.8 Å². The molecule has 21 heavy (non-hydrogen) atoms. The molecule has 0 unspecified atom stereocenters. The third-order valence-electron chi connectivity index (χ3n) is 3.38. The second-order valence-corrected chi connectivity index (χ2v) is 6.26. The largest absolute Gasteiger partial charge is 0.490 e. The van der Waals surface area contributed by atoms with Crippen LogP contribution in [0.1, 0.15) is 52.5 Å². The third kappa shape index (κ3) is 6.28. The Morgan fingerprint density at radius 1 is 1.19 bits per heavy atom. The SMILES string of the molecule is CC(C)COc1cccc(CCCCC(=O)C(C)C)c1F. The Morgan fingerprint density at radius 3 is 2.52 bits per heavy atom. The molecule has 0 aliphatic rings. The van der Waals surface area contributed by atoms with Gasteiger partial charge in [0.25, 0.3) is 0 Å². The van der Waals surface area contributed by atoms with Crippen molar-refractivity contribution >= 4 is 5.78 Å². The van der Waals surface area contributed by atoms with Gasteiger partial charge in [-0.1, -0.05) is 39.8 Å². The zero-order valence-corrected chi connectivity index (χ0v) is 13.6. The summed E-state index contributed by atoms with van der Waals surface area (Å²) < 4.78 is 19.7. The highest BCUT2D eigenvalue weighted by atomic mass is 19.1. The van der Waals surface area contributed by atoms with E-state index in [2.05, 4.69) is 0 Å². The maximum Gasteiger partial charge on any atom is 0.168 e. The van der Waals surface area contributed by atoms with Crippen LogP contribution >= 0.6 is 0 Å². The minimum absolute atomic E-state index is 0.0921. The molecule has 0 heterocycles. The van der Waals surface area contributed by atoms with Gasteiger partial charge in [-0.3, -0.25) is 4.79 Å². The Labute approximate surface area is 127 Å². The minimum Gasteiger partial charge on any atom is -0.490 e. The highest BCUT2D eigenvalue weighted by Gasteiger charge is 2.11. The molecule has 0 saturated heterocycles. The number of benzene rings is 1. The normalized spacial score (nSPS) is 11.2. The van der Waals surface area contributed by atoms with E-state index in [-0.39, 0.29) is 17.5 Å². The van der Waals surface area contributed by atoms with Crippen molar-refractivity contribution in [2.24, 2.45) is 11.8 Å². The predicted octanol–water partition coefficient (Wildman–Crippen LogP) is 4.80. The summed E-state index contributed by atoms with van der Waals surface area (Å²) in [5, 5.41) is 0. The maximum absolute atomic E-state index is 14.2. The van der Waals surface area contributed by atoms with Gasteiger partial charge in [-0.05, 0) is 36.8 Å². The topological polar surface area (TPSA) is 26.3 Å². The van der Waals surface area contributed by atoms with Crippen LogP contribution in [-0.2, 0) is 11.2 Å². The summed E-state index contributed by atoms with van der Waals surface area (Å²) in [5.74, 6) is 0.821. The highest BCUT2D eigenvalue weighted by Crippen LogP contribution is 2.22. The van der Waals surface area contributed by atoms with Crippen LogP contribution in [0, 0.1) is 17.7 Å². The van der Waals surface area contributed by atoms with Crippen LogP contribution in [0.25, 0.3) is 0 Å². The number of halogens is 1. The molecule has 0 atom stereocenters. The second kappa shape index (κ2) is 8.81. The van der Waals surface area contributed by atoms with Gasteiger partial charge in [0.1, 0.15) is 5.78 Å². The van der Waals surface area contributed by atoms with Gasteiger partial charge in [-0.25, -0.2) is 4.39 Å².